The van der Waals surface area contributed by atoms with Crippen molar-refractivity contribution in [2.24, 2.45) is 0 Å². The number of rotatable bonds is 5. The minimum absolute atomic E-state index is 0.0750. The van der Waals surface area contributed by atoms with Crippen LogP contribution >= 0.6 is 0 Å². The fourth-order valence-electron chi connectivity index (χ4n) is 1.25. The molecule has 0 fully saturated rings. The lowest BCUT2D eigenvalue weighted by Crippen LogP contribution is -2.09. The van der Waals surface area contributed by atoms with Crippen molar-refractivity contribution in [3.05, 3.63) is 23.8 Å². The van der Waals surface area contributed by atoms with Gasteiger partial charge >= 0.3 is 5.97 Å². The molecular weight excluding hydrogens is 248 g/mol. The molecule has 3 N–H and O–H groups in total. The molecule has 0 bridgehead atoms. The van der Waals surface area contributed by atoms with Gasteiger partial charge in [0.2, 0.25) is 0 Å². The average molecular weight is 260 g/mol. The summed E-state index contributed by atoms with van der Waals surface area (Å²) in [6.07, 6.45) is 0.0750. The van der Waals surface area contributed by atoms with Gasteiger partial charge in [0.1, 0.15) is 11.3 Å². The fourth-order valence-corrected chi connectivity index (χ4v) is 2.57. The summed E-state index contributed by atoms with van der Waals surface area (Å²) in [5.41, 5.74) is -0.463. The van der Waals surface area contributed by atoms with Crippen molar-refractivity contribution in [1.82, 2.24) is 0 Å². The first kappa shape index (κ1) is 13.5. The number of carboxylic acid groups (broad SMARTS) is 1. The van der Waals surface area contributed by atoms with Crippen molar-refractivity contribution < 1.29 is 28.5 Å². The van der Waals surface area contributed by atoms with Crippen LogP contribution in [0.2, 0.25) is 0 Å². The van der Waals surface area contributed by atoms with Gasteiger partial charge in [-0.25, -0.2) is 13.2 Å². The van der Waals surface area contributed by atoms with Gasteiger partial charge in [-0.05, 0) is 24.6 Å². The van der Waals surface area contributed by atoms with E-state index in [9.17, 15) is 18.3 Å². The minimum atomic E-state index is -3.63. The number of carboxylic acids is 1. The molecule has 0 aliphatic rings. The molecule has 6 nitrogen and oxygen atoms in total. The Morgan fingerprint density at radius 2 is 1.94 bits per heavy atom. The lowest BCUT2D eigenvalue weighted by molar-refractivity contribution is 0.0693. The van der Waals surface area contributed by atoms with Crippen molar-refractivity contribution in [3.8, 4) is 5.75 Å². The lowest BCUT2D eigenvalue weighted by Gasteiger charge is -2.05. The van der Waals surface area contributed by atoms with Gasteiger partial charge in [-0.1, -0.05) is 0 Å². The molecule has 1 rings (SSSR count). The molecule has 0 saturated heterocycles. The van der Waals surface area contributed by atoms with Crippen LogP contribution in [0.3, 0.4) is 0 Å². The number of hydrogen-bond donors (Lipinski definition) is 3. The normalized spacial score (nSPS) is 11.4. The highest BCUT2D eigenvalue weighted by molar-refractivity contribution is 7.91. The predicted molar refractivity (Wildman–Crippen MR) is 58.8 cm³/mol. The number of aromatic carboxylic acids is 1. The van der Waals surface area contributed by atoms with Gasteiger partial charge < -0.3 is 15.3 Å². The third-order valence-corrected chi connectivity index (χ3v) is 3.93. The molecule has 0 unspecified atom stereocenters. The second-order valence-electron chi connectivity index (χ2n) is 3.38. The van der Waals surface area contributed by atoms with Gasteiger partial charge in [0.25, 0.3) is 0 Å². The highest BCUT2D eigenvalue weighted by Gasteiger charge is 2.18. The molecule has 0 aromatic heterocycles. The maximum Gasteiger partial charge on any atom is 0.339 e. The van der Waals surface area contributed by atoms with Crippen LogP contribution in [0.1, 0.15) is 16.8 Å². The van der Waals surface area contributed by atoms with Crippen molar-refractivity contribution in [1.29, 1.82) is 0 Å². The van der Waals surface area contributed by atoms with Crippen LogP contribution in [0.4, 0.5) is 0 Å². The van der Waals surface area contributed by atoms with E-state index in [-0.39, 0.29) is 23.7 Å². The van der Waals surface area contributed by atoms with E-state index in [0.29, 0.717) is 0 Å². The number of aliphatic hydroxyl groups is 1. The first-order chi connectivity index (χ1) is 7.88. The average Bonchev–Trinajstić information content (AvgIpc) is 2.26. The van der Waals surface area contributed by atoms with Crippen LogP contribution in [-0.2, 0) is 9.84 Å². The van der Waals surface area contributed by atoms with E-state index in [1.807, 2.05) is 0 Å². The van der Waals surface area contributed by atoms with Gasteiger partial charge in [0, 0.05) is 6.61 Å². The number of carbonyl (C=O) groups is 1. The Morgan fingerprint density at radius 1 is 1.29 bits per heavy atom. The molecular formula is C10H12O6S. The highest BCUT2D eigenvalue weighted by Crippen LogP contribution is 2.22. The Kier molecular flexibility index (Phi) is 4.08. The Balaban J connectivity index is 3.16. The zero-order valence-electron chi connectivity index (χ0n) is 8.83. The van der Waals surface area contributed by atoms with Crippen molar-refractivity contribution in [2.75, 3.05) is 12.4 Å². The summed E-state index contributed by atoms with van der Waals surface area (Å²) in [5, 5.41) is 26.5. The molecule has 17 heavy (non-hydrogen) atoms. The van der Waals surface area contributed by atoms with Crippen molar-refractivity contribution in [3.63, 3.8) is 0 Å². The molecule has 0 atom stereocenters. The standard InChI is InChI=1S/C10H12O6S/c11-4-1-5-17(15,16)7-2-3-9(12)8(6-7)10(13)14/h2-3,6,11-12H,1,4-5H2,(H,13,14). The second-order valence-corrected chi connectivity index (χ2v) is 5.49. The molecule has 1 aromatic carbocycles. The van der Waals surface area contributed by atoms with Crippen LogP contribution in [0.15, 0.2) is 23.1 Å². The molecule has 94 valence electrons. The quantitative estimate of drug-likeness (QED) is 0.699. The molecule has 0 spiro atoms. The Hall–Kier alpha value is -1.60. The van der Waals surface area contributed by atoms with Gasteiger partial charge in [0.15, 0.2) is 9.84 Å². The summed E-state index contributed by atoms with van der Waals surface area (Å²) >= 11 is 0. The molecule has 0 saturated carbocycles. The summed E-state index contributed by atoms with van der Waals surface area (Å²) in [7, 11) is -3.63. The Labute approximate surface area is 98.1 Å². The van der Waals surface area contributed by atoms with E-state index in [0.717, 1.165) is 18.2 Å². The van der Waals surface area contributed by atoms with E-state index in [1.54, 1.807) is 0 Å². The molecule has 1 aromatic rings. The Bertz CT molecular complexity index is 520. The molecule has 0 amide bonds. The lowest BCUT2D eigenvalue weighted by atomic mass is 10.2. The SMILES string of the molecule is O=C(O)c1cc(S(=O)(=O)CCCO)ccc1O. The zero-order chi connectivity index (χ0) is 13.1. The van der Waals surface area contributed by atoms with E-state index < -0.39 is 27.1 Å². The van der Waals surface area contributed by atoms with Crippen molar-refractivity contribution >= 4 is 15.8 Å². The third-order valence-electron chi connectivity index (χ3n) is 2.13. The van der Waals surface area contributed by atoms with Gasteiger partial charge in [-0.3, -0.25) is 0 Å². The molecule has 7 heteroatoms. The topological polar surface area (TPSA) is 112 Å². The number of aliphatic hydroxyl groups excluding tert-OH is 1. The largest absolute Gasteiger partial charge is 0.507 e. The number of benzene rings is 1. The van der Waals surface area contributed by atoms with Crippen LogP contribution in [-0.4, -0.2) is 42.1 Å². The summed E-state index contributed by atoms with van der Waals surface area (Å²) in [4.78, 5) is 10.5. The molecule has 0 radical (unpaired) electrons. The maximum atomic E-state index is 11.7. The van der Waals surface area contributed by atoms with Gasteiger partial charge in [-0.2, -0.15) is 0 Å². The van der Waals surface area contributed by atoms with Crippen LogP contribution in [0, 0.1) is 0 Å². The fraction of sp³-hybridized carbons (Fsp3) is 0.300. The number of sulfone groups is 1. The second kappa shape index (κ2) is 5.15. The Morgan fingerprint density at radius 3 is 2.47 bits per heavy atom. The predicted octanol–water partition coefficient (Wildman–Crippen LogP) is 0.246. The van der Waals surface area contributed by atoms with Gasteiger partial charge in [0.05, 0.1) is 10.6 Å². The summed E-state index contributed by atoms with van der Waals surface area (Å²) in [5.74, 6) is -2.16. The minimum Gasteiger partial charge on any atom is -0.507 e. The summed E-state index contributed by atoms with van der Waals surface area (Å²) < 4.78 is 23.4. The van der Waals surface area contributed by atoms with E-state index in [2.05, 4.69) is 0 Å². The molecule has 0 heterocycles. The number of hydrogen-bond acceptors (Lipinski definition) is 5. The summed E-state index contributed by atoms with van der Waals surface area (Å²) in [6.45, 7) is -0.261. The first-order valence-electron chi connectivity index (χ1n) is 4.78. The van der Waals surface area contributed by atoms with Crippen LogP contribution < -0.4 is 0 Å². The highest BCUT2D eigenvalue weighted by atomic mass is 32.2. The third kappa shape index (κ3) is 3.18. The first-order valence-corrected chi connectivity index (χ1v) is 6.43. The van der Waals surface area contributed by atoms with Crippen LogP contribution in [0.5, 0.6) is 5.75 Å². The molecule has 0 aliphatic heterocycles. The van der Waals surface area contributed by atoms with E-state index >= 15 is 0 Å². The zero-order valence-corrected chi connectivity index (χ0v) is 9.64. The number of phenols is 1. The van der Waals surface area contributed by atoms with E-state index in [4.69, 9.17) is 10.2 Å². The number of aromatic hydroxyl groups is 1. The smallest absolute Gasteiger partial charge is 0.339 e. The van der Waals surface area contributed by atoms with Crippen molar-refractivity contribution in [2.45, 2.75) is 11.3 Å². The maximum absolute atomic E-state index is 11.7. The van der Waals surface area contributed by atoms with Crippen LogP contribution in [0.25, 0.3) is 0 Å². The molecule has 0 aliphatic carbocycles. The van der Waals surface area contributed by atoms with E-state index in [1.165, 1.54) is 0 Å². The summed E-state index contributed by atoms with van der Waals surface area (Å²) in [6, 6.07) is 3.06. The van der Waals surface area contributed by atoms with Gasteiger partial charge in [-0.15, -0.1) is 0 Å². The monoisotopic (exact) mass is 260 g/mol.